The van der Waals surface area contributed by atoms with Crippen LogP contribution in [0.3, 0.4) is 0 Å². The van der Waals surface area contributed by atoms with Crippen molar-refractivity contribution in [3.63, 3.8) is 0 Å². The second kappa shape index (κ2) is 9.67. The number of hydrogen-bond acceptors (Lipinski definition) is 8. The van der Waals surface area contributed by atoms with E-state index in [1.165, 1.54) is 20.1 Å². The molecule has 2 aromatic carbocycles. The number of fused-ring (bicyclic) bond motifs is 1. The van der Waals surface area contributed by atoms with E-state index in [0.717, 1.165) is 4.47 Å². The molecule has 0 amide bonds. The quantitative estimate of drug-likeness (QED) is 0.300. The summed E-state index contributed by atoms with van der Waals surface area (Å²) < 4.78 is 11.5. The number of aromatic nitrogens is 1. The summed E-state index contributed by atoms with van der Waals surface area (Å²) in [5, 5.41) is 33.3. The third kappa shape index (κ3) is 4.49. The van der Waals surface area contributed by atoms with Gasteiger partial charge in [0.2, 0.25) is 0 Å². The number of Topliss-reactive ketones (excluding diaryl/α,β-unsaturated/α-hetero) is 1. The monoisotopic (exact) mass is 541 g/mol. The summed E-state index contributed by atoms with van der Waals surface area (Å²) in [6.07, 6.45) is 0.479. The Bertz CT molecular complexity index is 1340. The first-order valence-corrected chi connectivity index (χ1v) is 11.6. The van der Waals surface area contributed by atoms with E-state index in [1.807, 2.05) is 0 Å². The van der Waals surface area contributed by atoms with Crippen molar-refractivity contribution in [1.29, 1.82) is 0 Å². The molecule has 2 atom stereocenters. The Labute approximate surface area is 210 Å². The number of nitrogens with zero attached hydrogens (tertiary/aromatic N) is 1. The molecule has 0 bridgehead atoms. The summed E-state index contributed by atoms with van der Waals surface area (Å²) in [7, 11) is 1.25. The second-order valence-corrected chi connectivity index (χ2v) is 9.31. The van der Waals surface area contributed by atoms with Gasteiger partial charge in [0.05, 0.1) is 31.4 Å². The van der Waals surface area contributed by atoms with Gasteiger partial charge >= 0.3 is 5.97 Å². The number of hydrogen-bond donors (Lipinski definition) is 3. The largest absolute Gasteiger partial charge is 0.507 e. The minimum Gasteiger partial charge on any atom is -0.507 e. The molecule has 0 unspecified atom stereocenters. The summed E-state index contributed by atoms with van der Waals surface area (Å²) in [5.74, 6) is -2.68. The van der Waals surface area contributed by atoms with Crippen LogP contribution in [0.15, 0.2) is 41.0 Å². The lowest BCUT2D eigenvalue weighted by Gasteiger charge is -2.24. The van der Waals surface area contributed by atoms with Crippen molar-refractivity contribution >= 4 is 27.7 Å². The molecule has 1 aliphatic rings. The SMILES string of the molecule is COC(=O)C[C@H](c1cccc(Br)c1)c1c(O)c(C(C)=O)cc([C@H]2OCc3cnc(C)c(O)c32)c1O. The molecular formula is C26H24BrNO7. The van der Waals surface area contributed by atoms with Crippen LogP contribution in [0.4, 0.5) is 0 Å². The molecule has 35 heavy (non-hydrogen) atoms. The third-order valence-corrected chi connectivity index (χ3v) is 6.72. The third-order valence-electron chi connectivity index (χ3n) is 6.22. The van der Waals surface area contributed by atoms with Crippen LogP contribution in [0.25, 0.3) is 0 Å². The topological polar surface area (TPSA) is 126 Å². The first-order valence-electron chi connectivity index (χ1n) is 10.8. The van der Waals surface area contributed by atoms with Crippen LogP contribution in [-0.2, 0) is 20.9 Å². The molecule has 1 aliphatic heterocycles. The number of pyridine rings is 1. The molecule has 8 nitrogen and oxygen atoms in total. The highest BCUT2D eigenvalue weighted by Gasteiger charge is 2.36. The molecular weight excluding hydrogens is 518 g/mol. The average molecular weight is 542 g/mol. The van der Waals surface area contributed by atoms with E-state index in [2.05, 4.69) is 20.9 Å². The number of ether oxygens (including phenoxy) is 2. The predicted octanol–water partition coefficient (Wildman–Crippen LogP) is 4.79. The van der Waals surface area contributed by atoms with Crippen LogP contribution >= 0.6 is 15.9 Å². The van der Waals surface area contributed by atoms with Crippen LogP contribution in [-0.4, -0.2) is 39.2 Å². The lowest BCUT2D eigenvalue weighted by atomic mass is 9.83. The lowest BCUT2D eigenvalue weighted by Crippen LogP contribution is -2.13. The summed E-state index contributed by atoms with van der Waals surface area (Å²) in [6, 6.07) is 8.44. The molecule has 0 fully saturated rings. The van der Waals surface area contributed by atoms with Gasteiger partial charge in [-0.1, -0.05) is 28.1 Å². The summed E-state index contributed by atoms with van der Waals surface area (Å²) in [5.41, 5.74) is 2.23. The molecule has 3 aromatic rings. The first-order chi connectivity index (χ1) is 16.6. The number of phenols is 2. The molecule has 0 spiro atoms. The van der Waals surface area contributed by atoms with Gasteiger partial charge in [-0.05, 0) is 37.6 Å². The maximum atomic E-state index is 12.5. The minimum absolute atomic E-state index is 0.00137. The Kier molecular flexibility index (Phi) is 6.82. The number of aryl methyl sites for hydroxylation is 1. The van der Waals surface area contributed by atoms with Crippen molar-refractivity contribution in [3.8, 4) is 17.2 Å². The maximum absolute atomic E-state index is 12.5. The van der Waals surface area contributed by atoms with Gasteiger partial charge < -0.3 is 24.8 Å². The fourth-order valence-corrected chi connectivity index (χ4v) is 4.84. The van der Waals surface area contributed by atoms with Gasteiger partial charge in [-0.2, -0.15) is 0 Å². The van der Waals surface area contributed by atoms with E-state index in [0.29, 0.717) is 22.4 Å². The Morgan fingerprint density at radius 2 is 1.94 bits per heavy atom. The lowest BCUT2D eigenvalue weighted by molar-refractivity contribution is -0.140. The molecule has 0 aliphatic carbocycles. The van der Waals surface area contributed by atoms with Crippen LogP contribution in [0.2, 0.25) is 0 Å². The Hall–Kier alpha value is -3.43. The van der Waals surface area contributed by atoms with Gasteiger partial charge in [-0.25, -0.2) is 0 Å². The highest BCUT2D eigenvalue weighted by Crippen LogP contribution is 2.50. The molecule has 182 valence electrons. The van der Waals surface area contributed by atoms with E-state index in [4.69, 9.17) is 9.47 Å². The first kappa shape index (κ1) is 24.7. The molecule has 1 aromatic heterocycles. The summed E-state index contributed by atoms with van der Waals surface area (Å²) in [6.45, 7) is 3.08. The fourth-order valence-electron chi connectivity index (χ4n) is 4.42. The smallest absolute Gasteiger partial charge is 0.306 e. The number of phenolic OH excluding ortho intramolecular Hbond substituents is 2. The summed E-state index contributed by atoms with van der Waals surface area (Å²) in [4.78, 5) is 29.0. The van der Waals surface area contributed by atoms with Crippen molar-refractivity contribution < 1.29 is 34.4 Å². The zero-order valence-electron chi connectivity index (χ0n) is 19.3. The Morgan fingerprint density at radius 1 is 1.20 bits per heavy atom. The Morgan fingerprint density at radius 3 is 2.60 bits per heavy atom. The number of rotatable bonds is 6. The van der Waals surface area contributed by atoms with E-state index in [-0.39, 0.29) is 41.2 Å². The van der Waals surface area contributed by atoms with Crippen LogP contribution in [0.5, 0.6) is 17.2 Å². The number of methoxy groups -OCH3 is 1. The number of carbonyl (C=O) groups is 2. The average Bonchev–Trinajstić information content (AvgIpc) is 3.25. The number of benzene rings is 2. The van der Waals surface area contributed by atoms with Crippen LogP contribution in [0.1, 0.15) is 69.2 Å². The predicted molar refractivity (Wildman–Crippen MR) is 130 cm³/mol. The van der Waals surface area contributed by atoms with Crippen molar-refractivity contribution in [2.45, 2.75) is 38.9 Å². The van der Waals surface area contributed by atoms with E-state index in [1.54, 1.807) is 37.4 Å². The van der Waals surface area contributed by atoms with Crippen molar-refractivity contribution in [1.82, 2.24) is 4.98 Å². The maximum Gasteiger partial charge on any atom is 0.306 e. The summed E-state index contributed by atoms with van der Waals surface area (Å²) >= 11 is 3.41. The van der Waals surface area contributed by atoms with Gasteiger partial charge in [0.25, 0.3) is 0 Å². The molecule has 0 saturated carbocycles. The van der Waals surface area contributed by atoms with Gasteiger partial charge in [-0.15, -0.1) is 0 Å². The second-order valence-electron chi connectivity index (χ2n) is 8.39. The zero-order chi connectivity index (χ0) is 25.4. The van der Waals surface area contributed by atoms with Crippen molar-refractivity contribution in [2.24, 2.45) is 0 Å². The number of halogens is 1. The van der Waals surface area contributed by atoms with E-state index in [9.17, 15) is 24.9 Å². The molecule has 2 heterocycles. The molecule has 0 radical (unpaired) electrons. The van der Waals surface area contributed by atoms with Crippen molar-refractivity contribution in [2.75, 3.05) is 7.11 Å². The molecule has 3 N–H and O–H groups in total. The van der Waals surface area contributed by atoms with Gasteiger partial charge in [-0.3, -0.25) is 14.6 Å². The molecule has 9 heteroatoms. The van der Waals surface area contributed by atoms with Gasteiger partial charge in [0.1, 0.15) is 23.4 Å². The molecule has 0 saturated heterocycles. The number of aromatic hydroxyl groups is 3. The van der Waals surface area contributed by atoms with E-state index < -0.39 is 29.5 Å². The van der Waals surface area contributed by atoms with Gasteiger partial charge in [0, 0.05) is 38.8 Å². The standard InChI is InChI=1S/C26H24BrNO7/c1-12-23(31)21-15(10-28-12)11-35-26(21)19-8-17(13(2)29)24(32)22(25(19)33)18(9-20(30)34-3)14-5-4-6-16(27)7-14/h4-8,10,18,26,31-33H,9,11H2,1-3H3/t18-,26-/m1/s1. The Balaban J connectivity index is 1.99. The van der Waals surface area contributed by atoms with Gasteiger partial charge in [0.15, 0.2) is 5.78 Å². The van der Waals surface area contributed by atoms with Crippen LogP contribution < -0.4 is 0 Å². The van der Waals surface area contributed by atoms with Crippen molar-refractivity contribution in [3.05, 3.63) is 80.1 Å². The fraction of sp³-hybridized carbons (Fsp3) is 0.269. The highest BCUT2D eigenvalue weighted by molar-refractivity contribution is 9.10. The number of carbonyl (C=O) groups excluding carboxylic acids is 2. The van der Waals surface area contributed by atoms with E-state index >= 15 is 0 Å². The zero-order valence-corrected chi connectivity index (χ0v) is 20.9. The highest BCUT2D eigenvalue weighted by atomic mass is 79.9. The molecule has 4 rings (SSSR count). The number of esters is 1. The number of ketones is 1. The normalized spacial score (nSPS) is 15.5. The van der Waals surface area contributed by atoms with Crippen LogP contribution in [0, 0.1) is 6.92 Å². The minimum atomic E-state index is -0.912.